The number of hydrogen-bond acceptors (Lipinski definition) is 4. The minimum absolute atomic E-state index is 0. The molecule has 1 N–H and O–H groups in total. The molecular weight excluding hydrogens is 510 g/mol. The van der Waals surface area contributed by atoms with Crippen LogP contribution in [0.25, 0.3) is 5.69 Å². The molecule has 1 atom stereocenters. The summed E-state index contributed by atoms with van der Waals surface area (Å²) >= 11 is 0. The molecule has 2 aliphatic rings. The minimum Gasteiger partial charge on any atom is -0.349 e. The first-order valence-corrected chi connectivity index (χ1v) is 13.9. The molecule has 2 fully saturated rings. The molecule has 2 aromatic carbocycles. The second kappa shape index (κ2) is 12.8. The maximum Gasteiger partial charge on any atom is 0.223 e. The number of benzene rings is 2. The molecule has 5 rings (SSSR count). The van der Waals surface area contributed by atoms with Gasteiger partial charge in [0.25, 0.3) is 0 Å². The lowest BCUT2D eigenvalue weighted by Gasteiger charge is -2.39. The second-order valence-corrected chi connectivity index (χ2v) is 11.3. The maximum atomic E-state index is 13.0. The predicted molar refractivity (Wildman–Crippen MR) is 156 cm³/mol. The van der Waals surface area contributed by atoms with Gasteiger partial charge in [-0.15, -0.1) is 12.4 Å². The standard InChI is InChI=1S/C31H39N5O2.ClH/c1-24(2)30(38)33-28(26-7-4-3-5-8-26)13-18-34-19-14-31(15-20-34)21-29(37)35(23-31)22-25-9-11-27(12-10-25)36-17-6-16-32-36;/h3-12,16-17,24,28H,13-15,18-23H2,1-2H3,(H,33,38);1H/t28-;/m0./s1. The van der Waals surface area contributed by atoms with Crippen LogP contribution in [0.3, 0.4) is 0 Å². The van der Waals surface area contributed by atoms with E-state index in [-0.39, 0.29) is 41.6 Å². The molecule has 0 radical (unpaired) electrons. The number of rotatable bonds is 9. The Morgan fingerprint density at radius 3 is 2.38 bits per heavy atom. The van der Waals surface area contributed by atoms with E-state index in [1.807, 2.05) is 53.9 Å². The second-order valence-electron chi connectivity index (χ2n) is 11.3. The number of aromatic nitrogens is 2. The molecule has 0 aliphatic carbocycles. The number of nitrogens with zero attached hydrogens (tertiary/aromatic N) is 4. The summed E-state index contributed by atoms with van der Waals surface area (Å²) in [5.74, 6) is 0.334. The van der Waals surface area contributed by atoms with Crippen molar-refractivity contribution in [2.45, 2.75) is 52.1 Å². The lowest BCUT2D eigenvalue weighted by atomic mass is 9.77. The summed E-state index contributed by atoms with van der Waals surface area (Å²) in [5, 5.41) is 7.53. The van der Waals surface area contributed by atoms with E-state index < -0.39 is 0 Å². The molecule has 3 aromatic rings. The van der Waals surface area contributed by atoms with E-state index in [9.17, 15) is 9.59 Å². The monoisotopic (exact) mass is 549 g/mol. The lowest BCUT2D eigenvalue weighted by Crippen LogP contribution is -2.43. The van der Waals surface area contributed by atoms with E-state index >= 15 is 0 Å². The first kappa shape index (κ1) is 28.8. The summed E-state index contributed by atoms with van der Waals surface area (Å²) in [5.41, 5.74) is 3.42. The number of halogens is 1. The molecular formula is C31H40ClN5O2. The molecule has 0 bridgehead atoms. The van der Waals surface area contributed by atoms with E-state index in [0.29, 0.717) is 13.0 Å². The Morgan fingerprint density at radius 2 is 1.74 bits per heavy atom. The van der Waals surface area contributed by atoms with Crippen molar-refractivity contribution in [2.24, 2.45) is 11.3 Å². The van der Waals surface area contributed by atoms with E-state index in [1.165, 1.54) is 0 Å². The van der Waals surface area contributed by atoms with Crippen LogP contribution < -0.4 is 5.32 Å². The normalized spacial score (nSPS) is 17.8. The highest BCUT2D eigenvalue weighted by Crippen LogP contribution is 2.41. The van der Waals surface area contributed by atoms with Gasteiger partial charge in [-0.3, -0.25) is 9.59 Å². The molecule has 7 nitrogen and oxygen atoms in total. The van der Waals surface area contributed by atoms with Crippen LogP contribution in [-0.4, -0.2) is 57.6 Å². The van der Waals surface area contributed by atoms with E-state index in [2.05, 4.69) is 51.7 Å². The number of piperidine rings is 1. The van der Waals surface area contributed by atoms with Crippen molar-refractivity contribution >= 4 is 24.2 Å². The van der Waals surface area contributed by atoms with Gasteiger partial charge < -0.3 is 15.1 Å². The van der Waals surface area contributed by atoms with Gasteiger partial charge >= 0.3 is 0 Å². The van der Waals surface area contributed by atoms with Crippen molar-refractivity contribution in [1.82, 2.24) is 24.9 Å². The van der Waals surface area contributed by atoms with Crippen molar-refractivity contribution in [3.05, 3.63) is 84.2 Å². The minimum atomic E-state index is -0.0340. The Bertz CT molecular complexity index is 1210. The quantitative estimate of drug-likeness (QED) is 0.407. The number of likely N-dealkylation sites (tertiary alicyclic amines) is 2. The lowest BCUT2D eigenvalue weighted by molar-refractivity contribution is -0.128. The average Bonchev–Trinajstić information content (AvgIpc) is 3.57. The third kappa shape index (κ3) is 7.08. The third-order valence-electron chi connectivity index (χ3n) is 8.18. The van der Waals surface area contributed by atoms with Crippen molar-refractivity contribution in [3.8, 4) is 5.69 Å². The highest BCUT2D eigenvalue weighted by Gasteiger charge is 2.44. The van der Waals surface area contributed by atoms with Gasteiger partial charge in [0, 0.05) is 44.4 Å². The average molecular weight is 550 g/mol. The maximum absolute atomic E-state index is 13.0. The van der Waals surface area contributed by atoms with Gasteiger partial charge in [-0.2, -0.15) is 5.10 Å². The molecule has 8 heteroatoms. The Balaban J connectivity index is 0.00000353. The van der Waals surface area contributed by atoms with Crippen LogP contribution in [0.2, 0.25) is 0 Å². The number of amides is 2. The van der Waals surface area contributed by atoms with Gasteiger partial charge in [0.15, 0.2) is 0 Å². The van der Waals surface area contributed by atoms with Crippen LogP contribution in [0.5, 0.6) is 0 Å². The largest absolute Gasteiger partial charge is 0.349 e. The number of carbonyl (C=O) groups excluding carboxylic acids is 2. The van der Waals surface area contributed by atoms with E-state index in [0.717, 1.165) is 62.3 Å². The molecule has 2 aliphatic heterocycles. The Morgan fingerprint density at radius 1 is 1.03 bits per heavy atom. The van der Waals surface area contributed by atoms with Crippen LogP contribution in [0.4, 0.5) is 0 Å². The summed E-state index contributed by atoms with van der Waals surface area (Å²) in [6, 6.07) is 20.5. The van der Waals surface area contributed by atoms with Crippen molar-refractivity contribution in [2.75, 3.05) is 26.2 Å². The van der Waals surface area contributed by atoms with Gasteiger partial charge in [0.1, 0.15) is 0 Å². The zero-order valence-corrected chi connectivity index (χ0v) is 23.8. The SMILES string of the molecule is CC(C)C(=O)N[C@@H](CCN1CCC2(CC1)CC(=O)N(Cc1ccc(-n3cccn3)cc1)C2)c1ccccc1.Cl. The summed E-state index contributed by atoms with van der Waals surface area (Å²) in [4.78, 5) is 30.0. The number of hydrogen-bond donors (Lipinski definition) is 1. The van der Waals surface area contributed by atoms with Crippen LogP contribution in [-0.2, 0) is 16.1 Å². The van der Waals surface area contributed by atoms with Crippen LogP contribution in [0, 0.1) is 11.3 Å². The Labute approximate surface area is 238 Å². The highest BCUT2D eigenvalue weighted by molar-refractivity contribution is 5.85. The van der Waals surface area contributed by atoms with Gasteiger partial charge in [-0.1, -0.05) is 56.3 Å². The van der Waals surface area contributed by atoms with Crippen LogP contribution in [0.1, 0.15) is 56.7 Å². The van der Waals surface area contributed by atoms with Crippen LogP contribution >= 0.6 is 12.4 Å². The van der Waals surface area contributed by atoms with Gasteiger partial charge in [-0.05, 0) is 67.1 Å². The predicted octanol–water partition coefficient (Wildman–Crippen LogP) is 5.01. The fourth-order valence-corrected chi connectivity index (χ4v) is 5.77. The first-order chi connectivity index (χ1) is 18.4. The smallest absolute Gasteiger partial charge is 0.223 e. The van der Waals surface area contributed by atoms with Crippen molar-refractivity contribution < 1.29 is 9.59 Å². The Kier molecular flexibility index (Phi) is 9.46. The molecule has 208 valence electrons. The topological polar surface area (TPSA) is 70.5 Å². The molecule has 1 aromatic heterocycles. The molecule has 1 spiro atoms. The molecule has 39 heavy (non-hydrogen) atoms. The zero-order chi connectivity index (χ0) is 26.5. The molecule has 2 saturated heterocycles. The summed E-state index contributed by atoms with van der Waals surface area (Å²) < 4.78 is 1.84. The summed E-state index contributed by atoms with van der Waals surface area (Å²) in [6.07, 6.45) is 7.33. The summed E-state index contributed by atoms with van der Waals surface area (Å²) in [7, 11) is 0. The molecule has 0 saturated carbocycles. The molecule has 3 heterocycles. The van der Waals surface area contributed by atoms with Gasteiger partial charge in [0.05, 0.1) is 11.7 Å². The Hall–Kier alpha value is -3.16. The molecule has 0 unspecified atom stereocenters. The number of carbonyl (C=O) groups is 2. The zero-order valence-electron chi connectivity index (χ0n) is 23.0. The van der Waals surface area contributed by atoms with Crippen molar-refractivity contribution in [3.63, 3.8) is 0 Å². The number of nitrogens with one attached hydrogen (secondary N) is 1. The van der Waals surface area contributed by atoms with E-state index in [4.69, 9.17) is 0 Å². The highest BCUT2D eigenvalue weighted by atomic mass is 35.5. The van der Waals surface area contributed by atoms with Gasteiger partial charge in [-0.25, -0.2) is 4.68 Å². The summed E-state index contributed by atoms with van der Waals surface area (Å²) in [6.45, 7) is 8.32. The first-order valence-electron chi connectivity index (χ1n) is 13.9. The van der Waals surface area contributed by atoms with E-state index in [1.54, 1.807) is 6.20 Å². The van der Waals surface area contributed by atoms with Crippen LogP contribution in [0.15, 0.2) is 73.1 Å². The fraction of sp³-hybridized carbons (Fsp3) is 0.452. The third-order valence-corrected chi connectivity index (χ3v) is 8.18. The molecule has 2 amide bonds. The van der Waals surface area contributed by atoms with Crippen molar-refractivity contribution in [1.29, 1.82) is 0 Å². The fourth-order valence-electron chi connectivity index (χ4n) is 5.77. The van der Waals surface area contributed by atoms with Gasteiger partial charge in [0.2, 0.25) is 11.8 Å².